The molecule has 1 atom stereocenters. The maximum atomic E-state index is 13.2. The predicted molar refractivity (Wildman–Crippen MR) is 60.1 cm³/mol. The normalized spacial score (nSPS) is 19.6. The summed E-state index contributed by atoms with van der Waals surface area (Å²) in [4.78, 5) is 0. The van der Waals surface area contributed by atoms with Gasteiger partial charge in [-0.1, -0.05) is 18.6 Å². The minimum Gasteiger partial charge on any atom is -0.312 e. The highest BCUT2D eigenvalue weighted by Crippen LogP contribution is 2.49. The van der Waals surface area contributed by atoms with Crippen LogP contribution in [-0.4, -0.2) is 7.05 Å². The summed E-state index contributed by atoms with van der Waals surface area (Å²) < 4.78 is 13.2. The summed E-state index contributed by atoms with van der Waals surface area (Å²) in [5.74, 6) is -0.245. The Balaban J connectivity index is 2.33. The Hall–Kier alpha value is -1.40. The average molecular weight is 218 g/mol. The third-order valence-corrected chi connectivity index (χ3v) is 3.49. The Morgan fingerprint density at radius 3 is 2.69 bits per heavy atom. The quantitative estimate of drug-likeness (QED) is 0.846. The van der Waals surface area contributed by atoms with Crippen LogP contribution in [0.5, 0.6) is 0 Å². The lowest BCUT2D eigenvalue weighted by molar-refractivity contribution is 0.149. The molecule has 0 heterocycles. The maximum Gasteiger partial charge on any atom is 0.123 e. The van der Waals surface area contributed by atoms with Crippen LogP contribution in [0.3, 0.4) is 0 Å². The third-order valence-electron chi connectivity index (χ3n) is 3.49. The van der Waals surface area contributed by atoms with Crippen LogP contribution in [0.4, 0.5) is 4.39 Å². The summed E-state index contributed by atoms with van der Waals surface area (Å²) in [6, 6.07) is 8.84. The fourth-order valence-corrected chi connectivity index (χ4v) is 2.47. The highest BCUT2D eigenvalue weighted by atomic mass is 19.1. The van der Waals surface area contributed by atoms with E-state index in [-0.39, 0.29) is 17.3 Å². The molecular weight excluding hydrogens is 203 g/mol. The number of benzene rings is 1. The molecule has 0 radical (unpaired) electrons. The van der Waals surface area contributed by atoms with Gasteiger partial charge < -0.3 is 5.32 Å². The number of nitrogens with zero attached hydrogens (tertiary/aromatic N) is 1. The van der Waals surface area contributed by atoms with E-state index in [1.54, 1.807) is 6.07 Å². The SMILES string of the molecule is CNC(c1cccc(F)c1)C1(C#N)CCC1. The largest absolute Gasteiger partial charge is 0.312 e. The minimum absolute atomic E-state index is 0.0676. The van der Waals surface area contributed by atoms with Crippen molar-refractivity contribution in [1.29, 1.82) is 5.26 Å². The van der Waals surface area contributed by atoms with Gasteiger partial charge in [0.05, 0.1) is 17.5 Å². The van der Waals surface area contributed by atoms with Gasteiger partial charge in [-0.15, -0.1) is 0 Å². The smallest absolute Gasteiger partial charge is 0.123 e. The van der Waals surface area contributed by atoms with Crippen molar-refractivity contribution in [2.45, 2.75) is 25.3 Å². The summed E-state index contributed by atoms with van der Waals surface area (Å²) in [7, 11) is 1.83. The van der Waals surface area contributed by atoms with Crippen LogP contribution in [0.1, 0.15) is 30.9 Å². The Morgan fingerprint density at radius 1 is 1.50 bits per heavy atom. The lowest BCUT2D eigenvalue weighted by atomic mass is 9.63. The van der Waals surface area contributed by atoms with Crippen LogP contribution < -0.4 is 5.32 Å². The first kappa shape index (κ1) is 11.1. The van der Waals surface area contributed by atoms with Crippen LogP contribution in [0.25, 0.3) is 0 Å². The van der Waals surface area contributed by atoms with Gasteiger partial charge in [0.1, 0.15) is 5.82 Å². The molecule has 84 valence electrons. The van der Waals surface area contributed by atoms with E-state index in [2.05, 4.69) is 11.4 Å². The second-order valence-corrected chi connectivity index (χ2v) is 4.40. The van der Waals surface area contributed by atoms with Gasteiger partial charge in [0, 0.05) is 0 Å². The zero-order valence-corrected chi connectivity index (χ0v) is 9.33. The van der Waals surface area contributed by atoms with E-state index in [0.717, 1.165) is 24.8 Å². The first-order valence-corrected chi connectivity index (χ1v) is 5.56. The predicted octanol–water partition coefficient (Wildman–Crippen LogP) is 2.78. The molecule has 0 spiro atoms. The van der Waals surface area contributed by atoms with Crippen molar-refractivity contribution in [2.24, 2.45) is 5.41 Å². The monoisotopic (exact) mass is 218 g/mol. The lowest BCUT2D eigenvalue weighted by Crippen LogP contribution is -2.40. The Kier molecular flexibility index (Phi) is 2.93. The summed E-state index contributed by atoms with van der Waals surface area (Å²) in [6.07, 6.45) is 2.87. The van der Waals surface area contributed by atoms with Gasteiger partial charge in [0.15, 0.2) is 0 Å². The van der Waals surface area contributed by atoms with E-state index < -0.39 is 0 Å². The van der Waals surface area contributed by atoms with Gasteiger partial charge in [-0.2, -0.15) is 5.26 Å². The van der Waals surface area contributed by atoms with E-state index in [1.807, 2.05) is 13.1 Å². The molecule has 0 aromatic heterocycles. The number of nitriles is 1. The first-order valence-electron chi connectivity index (χ1n) is 5.56. The summed E-state index contributed by atoms with van der Waals surface area (Å²) in [5, 5.41) is 12.4. The van der Waals surface area contributed by atoms with Gasteiger partial charge in [-0.3, -0.25) is 0 Å². The van der Waals surface area contributed by atoms with Gasteiger partial charge in [-0.25, -0.2) is 4.39 Å². The molecule has 1 aliphatic carbocycles. The Labute approximate surface area is 95.1 Å². The molecule has 16 heavy (non-hydrogen) atoms. The Bertz CT molecular complexity index is 418. The fourth-order valence-electron chi connectivity index (χ4n) is 2.47. The third kappa shape index (κ3) is 1.70. The van der Waals surface area contributed by atoms with Gasteiger partial charge in [0.25, 0.3) is 0 Å². The van der Waals surface area contributed by atoms with Crippen molar-refractivity contribution >= 4 is 0 Å². The first-order chi connectivity index (χ1) is 7.72. The second kappa shape index (κ2) is 4.23. The summed E-state index contributed by atoms with van der Waals surface area (Å²) in [5.41, 5.74) is 0.520. The number of hydrogen-bond donors (Lipinski definition) is 1. The van der Waals surface area contributed by atoms with Crippen molar-refractivity contribution in [1.82, 2.24) is 5.32 Å². The highest BCUT2D eigenvalue weighted by Gasteiger charge is 2.44. The molecule has 1 saturated carbocycles. The lowest BCUT2D eigenvalue weighted by Gasteiger charge is -2.42. The van der Waals surface area contributed by atoms with E-state index >= 15 is 0 Å². The molecule has 2 rings (SSSR count). The number of nitrogens with one attached hydrogen (secondary N) is 1. The minimum atomic E-state index is -0.345. The molecule has 1 fully saturated rings. The van der Waals surface area contributed by atoms with E-state index in [1.165, 1.54) is 12.1 Å². The summed E-state index contributed by atoms with van der Waals surface area (Å²) >= 11 is 0. The number of rotatable bonds is 3. The molecule has 1 aromatic carbocycles. The second-order valence-electron chi connectivity index (χ2n) is 4.40. The van der Waals surface area contributed by atoms with Crippen LogP contribution in [0.2, 0.25) is 0 Å². The molecule has 1 unspecified atom stereocenters. The zero-order valence-electron chi connectivity index (χ0n) is 9.33. The molecule has 0 bridgehead atoms. The molecule has 0 aliphatic heterocycles. The van der Waals surface area contributed by atoms with Crippen molar-refractivity contribution in [3.63, 3.8) is 0 Å². The van der Waals surface area contributed by atoms with E-state index in [0.29, 0.717) is 0 Å². The number of halogens is 1. The van der Waals surface area contributed by atoms with Crippen molar-refractivity contribution < 1.29 is 4.39 Å². The number of hydrogen-bond acceptors (Lipinski definition) is 2. The standard InChI is InChI=1S/C13H15FN2/c1-16-12(13(9-15)6-3-7-13)10-4-2-5-11(14)8-10/h2,4-5,8,12,16H,3,6-7H2,1H3. The van der Waals surface area contributed by atoms with Crippen LogP contribution in [-0.2, 0) is 0 Å². The van der Waals surface area contributed by atoms with Crippen LogP contribution in [0, 0.1) is 22.6 Å². The molecular formula is C13H15FN2. The molecule has 1 aliphatic rings. The fraction of sp³-hybridized carbons (Fsp3) is 0.462. The van der Waals surface area contributed by atoms with Crippen molar-refractivity contribution in [3.8, 4) is 6.07 Å². The highest BCUT2D eigenvalue weighted by molar-refractivity contribution is 5.27. The molecule has 2 nitrogen and oxygen atoms in total. The van der Waals surface area contributed by atoms with Gasteiger partial charge in [0.2, 0.25) is 0 Å². The zero-order chi connectivity index (χ0) is 11.6. The summed E-state index contributed by atoms with van der Waals surface area (Å²) in [6.45, 7) is 0. The molecule has 1 N–H and O–H groups in total. The molecule has 0 amide bonds. The van der Waals surface area contributed by atoms with E-state index in [4.69, 9.17) is 0 Å². The topological polar surface area (TPSA) is 35.8 Å². The van der Waals surface area contributed by atoms with Gasteiger partial charge in [-0.05, 0) is 37.6 Å². The van der Waals surface area contributed by atoms with Crippen LogP contribution >= 0.6 is 0 Å². The molecule has 0 saturated heterocycles. The Morgan fingerprint density at radius 2 is 2.25 bits per heavy atom. The molecule has 3 heteroatoms. The average Bonchev–Trinajstić information content (AvgIpc) is 2.23. The van der Waals surface area contributed by atoms with Crippen LogP contribution in [0.15, 0.2) is 24.3 Å². The molecule has 1 aromatic rings. The van der Waals surface area contributed by atoms with Gasteiger partial charge >= 0.3 is 0 Å². The van der Waals surface area contributed by atoms with E-state index in [9.17, 15) is 9.65 Å². The maximum absolute atomic E-state index is 13.2. The van der Waals surface area contributed by atoms with Crippen molar-refractivity contribution in [2.75, 3.05) is 7.05 Å². The van der Waals surface area contributed by atoms with Crippen molar-refractivity contribution in [3.05, 3.63) is 35.6 Å².